The van der Waals surface area contributed by atoms with Gasteiger partial charge < -0.3 is 9.26 Å². The van der Waals surface area contributed by atoms with Crippen LogP contribution in [-0.4, -0.2) is 46.3 Å². The minimum Gasteiger partial charge on any atom is -0.379 e. The molecule has 2 aromatic rings. The van der Waals surface area contributed by atoms with Gasteiger partial charge in [-0.05, 0) is 19.1 Å². The molecule has 1 fully saturated rings. The molecule has 0 N–H and O–H groups in total. The summed E-state index contributed by atoms with van der Waals surface area (Å²) in [5.41, 5.74) is 0.916. The summed E-state index contributed by atoms with van der Waals surface area (Å²) < 4.78 is 10.7. The quantitative estimate of drug-likeness (QED) is 0.833. The van der Waals surface area contributed by atoms with Gasteiger partial charge in [0.25, 0.3) is 0 Å². The fourth-order valence-corrected chi connectivity index (χ4v) is 2.14. The molecule has 0 aliphatic carbocycles. The van der Waals surface area contributed by atoms with Gasteiger partial charge in [0.1, 0.15) is 0 Å². The van der Waals surface area contributed by atoms with E-state index in [-0.39, 0.29) is 6.04 Å². The Morgan fingerprint density at radius 1 is 1.21 bits per heavy atom. The monoisotopic (exact) mass is 260 g/mol. The second kappa shape index (κ2) is 5.46. The van der Waals surface area contributed by atoms with Crippen molar-refractivity contribution in [2.45, 2.75) is 13.0 Å². The number of ether oxygens (including phenoxy) is 1. The average Bonchev–Trinajstić information content (AvgIpc) is 2.98. The maximum Gasteiger partial charge on any atom is 0.244 e. The van der Waals surface area contributed by atoms with E-state index in [9.17, 15) is 0 Å². The van der Waals surface area contributed by atoms with Crippen molar-refractivity contribution in [3.8, 4) is 11.4 Å². The summed E-state index contributed by atoms with van der Waals surface area (Å²) in [4.78, 5) is 10.7. The van der Waals surface area contributed by atoms with Crippen LogP contribution in [0.5, 0.6) is 0 Å². The highest BCUT2D eigenvalue weighted by Crippen LogP contribution is 2.22. The molecule has 0 spiro atoms. The zero-order valence-corrected chi connectivity index (χ0v) is 10.8. The van der Waals surface area contributed by atoms with E-state index in [1.54, 1.807) is 12.4 Å². The topological polar surface area (TPSA) is 64.3 Å². The molecule has 0 bridgehead atoms. The molecule has 1 unspecified atom stereocenters. The summed E-state index contributed by atoms with van der Waals surface area (Å²) in [6, 6.07) is 3.86. The van der Waals surface area contributed by atoms with Crippen LogP contribution in [0, 0.1) is 0 Å². The number of pyridine rings is 1. The Balaban J connectivity index is 1.77. The van der Waals surface area contributed by atoms with Gasteiger partial charge in [0.2, 0.25) is 11.7 Å². The summed E-state index contributed by atoms with van der Waals surface area (Å²) >= 11 is 0. The van der Waals surface area contributed by atoms with Crippen molar-refractivity contribution in [1.29, 1.82) is 0 Å². The standard InChI is InChI=1S/C13H16N4O2/c1-10(17-6-8-18-9-7-17)13-15-12(16-19-13)11-2-4-14-5-3-11/h2-5,10H,6-9H2,1H3. The molecular weight excluding hydrogens is 244 g/mol. The Labute approximate surface area is 111 Å². The van der Waals surface area contributed by atoms with Crippen LogP contribution >= 0.6 is 0 Å². The predicted octanol–water partition coefficient (Wildman–Crippen LogP) is 1.52. The lowest BCUT2D eigenvalue weighted by atomic mass is 10.2. The molecule has 1 atom stereocenters. The second-order valence-electron chi connectivity index (χ2n) is 4.52. The van der Waals surface area contributed by atoms with Gasteiger partial charge in [0.15, 0.2) is 0 Å². The van der Waals surface area contributed by atoms with Gasteiger partial charge >= 0.3 is 0 Å². The van der Waals surface area contributed by atoms with E-state index in [0.29, 0.717) is 11.7 Å². The fourth-order valence-electron chi connectivity index (χ4n) is 2.14. The van der Waals surface area contributed by atoms with Crippen molar-refractivity contribution < 1.29 is 9.26 Å². The van der Waals surface area contributed by atoms with Crippen molar-refractivity contribution in [1.82, 2.24) is 20.0 Å². The van der Waals surface area contributed by atoms with Gasteiger partial charge in [0.05, 0.1) is 19.3 Å². The van der Waals surface area contributed by atoms with Gasteiger partial charge in [-0.15, -0.1) is 0 Å². The molecule has 6 nitrogen and oxygen atoms in total. The van der Waals surface area contributed by atoms with Crippen LogP contribution in [0.1, 0.15) is 18.9 Å². The zero-order valence-electron chi connectivity index (χ0n) is 10.8. The SMILES string of the molecule is CC(c1nc(-c2ccncc2)no1)N1CCOCC1. The van der Waals surface area contributed by atoms with Gasteiger partial charge in [-0.2, -0.15) is 4.98 Å². The molecule has 0 saturated carbocycles. The Morgan fingerprint density at radius 3 is 2.68 bits per heavy atom. The van der Waals surface area contributed by atoms with Gasteiger partial charge in [0, 0.05) is 31.0 Å². The first-order chi connectivity index (χ1) is 9.34. The van der Waals surface area contributed by atoms with Gasteiger partial charge in [-0.3, -0.25) is 9.88 Å². The number of aromatic nitrogens is 3. The lowest BCUT2D eigenvalue weighted by Gasteiger charge is -2.29. The fraction of sp³-hybridized carbons (Fsp3) is 0.462. The van der Waals surface area contributed by atoms with E-state index in [1.807, 2.05) is 12.1 Å². The van der Waals surface area contributed by atoms with E-state index in [1.165, 1.54) is 0 Å². The first kappa shape index (κ1) is 12.3. The molecule has 2 aromatic heterocycles. The minimum absolute atomic E-state index is 0.118. The van der Waals surface area contributed by atoms with Gasteiger partial charge in [-0.1, -0.05) is 5.16 Å². The maximum absolute atomic E-state index is 5.37. The van der Waals surface area contributed by atoms with E-state index in [4.69, 9.17) is 9.26 Å². The highest BCUT2D eigenvalue weighted by molar-refractivity contribution is 5.52. The Bertz CT molecular complexity index is 522. The van der Waals surface area contributed by atoms with E-state index in [0.717, 1.165) is 31.9 Å². The molecule has 6 heteroatoms. The molecule has 1 aliphatic heterocycles. The molecule has 3 rings (SSSR count). The van der Waals surface area contributed by atoms with Crippen molar-refractivity contribution in [3.05, 3.63) is 30.4 Å². The van der Waals surface area contributed by atoms with Crippen LogP contribution in [-0.2, 0) is 4.74 Å². The zero-order chi connectivity index (χ0) is 13.1. The van der Waals surface area contributed by atoms with Crippen LogP contribution < -0.4 is 0 Å². The molecule has 100 valence electrons. The van der Waals surface area contributed by atoms with Crippen LogP contribution in [0.25, 0.3) is 11.4 Å². The number of nitrogens with zero attached hydrogens (tertiary/aromatic N) is 4. The molecule has 0 aromatic carbocycles. The number of hydrogen-bond donors (Lipinski definition) is 0. The maximum atomic E-state index is 5.37. The third kappa shape index (κ3) is 2.64. The Kier molecular flexibility index (Phi) is 3.52. The van der Waals surface area contributed by atoms with Crippen molar-refractivity contribution in [2.75, 3.05) is 26.3 Å². The first-order valence-corrected chi connectivity index (χ1v) is 6.40. The Hall–Kier alpha value is -1.79. The van der Waals surface area contributed by atoms with Crippen molar-refractivity contribution in [3.63, 3.8) is 0 Å². The van der Waals surface area contributed by atoms with Crippen molar-refractivity contribution >= 4 is 0 Å². The highest BCUT2D eigenvalue weighted by Gasteiger charge is 2.23. The Morgan fingerprint density at radius 2 is 1.95 bits per heavy atom. The molecule has 0 amide bonds. The smallest absolute Gasteiger partial charge is 0.244 e. The minimum atomic E-state index is 0.118. The highest BCUT2D eigenvalue weighted by atomic mass is 16.5. The predicted molar refractivity (Wildman–Crippen MR) is 68.3 cm³/mol. The number of hydrogen-bond acceptors (Lipinski definition) is 6. The summed E-state index contributed by atoms with van der Waals surface area (Å²) in [5, 5.41) is 4.03. The first-order valence-electron chi connectivity index (χ1n) is 6.40. The van der Waals surface area contributed by atoms with E-state index < -0.39 is 0 Å². The molecular formula is C13H16N4O2. The number of morpholine rings is 1. The third-order valence-corrected chi connectivity index (χ3v) is 3.33. The molecule has 19 heavy (non-hydrogen) atoms. The molecule has 1 saturated heterocycles. The van der Waals surface area contributed by atoms with E-state index >= 15 is 0 Å². The molecule has 3 heterocycles. The second-order valence-corrected chi connectivity index (χ2v) is 4.52. The third-order valence-electron chi connectivity index (χ3n) is 3.33. The van der Waals surface area contributed by atoms with Gasteiger partial charge in [-0.25, -0.2) is 0 Å². The van der Waals surface area contributed by atoms with Crippen LogP contribution in [0.15, 0.2) is 29.0 Å². The summed E-state index contributed by atoms with van der Waals surface area (Å²) in [6.45, 7) is 5.39. The van der Waals surface area contributed by atoms with E-state index in [2.05, 4.69) is 26.9 Å². The summed E-state index contributed by atoms with van der Waals surface area (Å²) in [6.07, 6.45) is 3.44. The van der Waals surface area contributed by atoms with Crippen LogP contribution in [0.4, 0.5) is 0 Å². The lowest BCUT2D eigenvalue weighted by Crippen LogP contribution is -2.38. The largest absolute Gasteiger partial charge is 0.379 e. The lowest BCUT2D eigenvalue weighted by molar-refractivity contribution is 0.0134. The normalized spacial score (nSPS) is 18.4. The van der Waals surface area contributed by atoms with Crippen molar-refractivity contribution in [2.24, 2.45) is 0 Å². The summed E-state index contributed by atoms with van der Waals surface area (Å²) in [7, 11) is 0. The summed E-state index contributed by atoms with van der Waals surface area (Å²) in [5.74, 6) is 1.26. The molecule has 1 aliphatic rings. The number of rotatable bonds is 3. The molecule has 0 radical (unpaired) electrons. The van der Waals surface area contributed by atoms with Crippen LogP contribution in [0.2, 0.25) is 0 Å². The van der Waals surface area contributed by atoms with Crippen LogP contribution in [0.3, 0.4) is 0 Å². The average molecular weight is 260 g/mol.